The molecular weight excluding hydrogens is 294 g/mol. The number of nitro groups is 1. The molecule has 1 unspecified atom stereocenters. The number of benzene rings is 1. The zero-order valence-electron chi connectivity index (χ0n) is 12.8. The van der Waals surface area contributed by atoms with Crippen molar-refractivity contribution in [1.29, 1.82) is 0 Å². The fourth-order valence-corrected chi connectivity index (χ4v) is 3.43. The van der Waals surface area contributed by atoms with Crippen molar-refractivity contribution >= 4 is 21.4 Å². The van der Waals surface area contributed by atoms with Crippen LogP contribution in [0.1, 0.15) is 27.7 Å². The van der Waals surface area contributed by atoms with Crippen LogP contribution in [0.3, 0.4) is 0 Å². The van der Waals surface area contributed by atoms with Crippen LogP contribution in [-0.2, 0) is 10.0 Å². The first-order valence-corrected chi connectivity index (χ1v) is 7.85. The van der Waals surface area contributed by atoms with Crippen molar-refractivity contribution in [3.8, 4) is 0 Å². The number of rotatable bonds is 4. The molecule has 0 aromatic heterocycles. The number of nitrogens with two attached hydrogens (primary N) is 1. The van der Waals surface area contributed by atoms with Crippen molar-refractivity contribution in [1.82, 2.24) is 4.31 Å². The standard InChI is InChI=1S/C13H21N3O4S/c1-9(13(2,3)4)15(5)21(19,20)12-7-6-10(16(17)18)8-11(12)14/h6-9H,14H2,1-5H3. The van der Waals surface area contributed by atoms with E-state index >= 15 is 0 Å². The van der Waals surface area contributed by atoms with Gasteiger partial charge in [-0.1, -0.05) is 20.8 Å². The molecule has 0 amide bonds. The van der Waals surface area contributed by atoms with Gasteiger partial charge in [-0.15, -0.1) is 0 Å². The third-order valence-electron chi connectivity index (χ3n) is 3.66. The molecule has 0 saturated carbocycles. The van der Waals surface area contributed by atoms with E-state index in [0.29, 0.717) is 0 Å². The summed E-state index contributed by atoms with van der Waals surface area (Å²) < 4.78 is 26.4. The number of sulfonamides is 1. The topological polar surface area (TPSA) is 107 Å². The maximum Gasteiger partial charge on any atom is 0.271 e. The van der Waals surface area contributed by atoms with E-state index < -0.39 is 14.9 Å². The van der Waals surface area contributed by atoms with E-state index in [1.54, 1.807) is 6.92 Å². The zero-order valence-corrected chi connectivity index (χ0v) is 13.6. The minimum Gasteiger partial charge on any atom is -0.397 e. The van der Waals surface area contributed by atoms with Gasteiger partial charge in [0.15, 0.2) is 0 Å². The van der Waals surface area contributed by atoms with Crippen molar-refractivity contribution < 1.29 is 13.3 Å². The molecule has 1 rings (SSSR count). The summed E-state index contributed by atoms with van der Waals surface area (Å²) in [5.41, 5.74) is 5.06. The molecule has 1 aromatic carbocycles. The van der Waals surface area contributed by atoms with Crippen LogP contribution in [0.15, 0.2) is 23.1 Å². The van der Waals surface area contributed by atoms with Gasteiger partial charge < -0.3 is 5.73 Å². The average Bonchev–Trinajstić information content (AvgIpc) is 2.35. The lowest BCUT2D eigenvalue weighted by molar-refractivity contribution is -0.384. The fourth-order valence-electron chi connectivity index (χ4n) is 1.79. The van der Waals surface area contributed by atoms with E-state index in [9.17, 15) is 18.5 Å². The maximum atomic E-state index is 12.6. The largest absolute Gasteiger partial charge is 0.397 e. The molecule has 0 aliphatic rings. The van der Waals surface area contributed by atoms with E-state index in [0.717, 1.165) is 12.1 Å². The van der Waals surface area contributed by atoms with Crippen molar-refractivity contribution in [3.63, 3.8) is 0 Å². The molecule has 0 saturated heterocycles. The lowest BCUT2D eigenvalue weighted by Crippen LogP contribution is -2.43. The summed E-state index contributed by atoms with van der Waals surface area (Å²) in [6.07, 6.45) is 0. The Morgan fingerprint density at radius 2 is 1.86 bits per heavy atom. The van der Waals surface area contributed by atoms with Gasteiger partial charge in [0, 0.05) is 25.2 Å². The van der Waals surface area contributed by atoms with Crippen LogP contribution < -0.4 is 5.73 Å². The summed E-state index contributed by atoms with van der Waals surface area (Å²) in [4.78, 5) is 9.94. The monoisotopic (exact) mass is 315 g/mol. The van der Waals surface area contributed by atoms with E-state index in [4.69, 9.17) is 5.73 Å². The highest BCUT2D eigenvalue weighted by Gasteiger charge is 2.33. The number of nitrogen functional groups attached to an aromatic ring is 1. The summed E-state index contributed by atoms with van der Waals surface area (Å²) in [7, 11) is -2.33. The van der Waals surface area contributed by atoms with Crippen molar-refractivity contribution in [2.75, 3.05) is 12.8 Å². The van der Waals surface area contributed by atoms with Crippen LogP contribution in [0.2, 0.25) is 0 Å². The van der Waals surface area contributed by atoms with Gasteiger partial charge in [-0.05, 0) is 18.4 Å². The van der Waals surface area contributed by atoms with E-state index in [1.165, 1.54) is 17.4 Å². The van der Waals surface area contributed by atoms with Crippen molar-refractivity contribution in [2.45, 2.75) is 38.6 Å². The smallest absolute Gasteiger partial charge is 0.271 e. The Labute approximate surface area is 124 Å². The molecule has 2 N–H and O–H groups in total. The Balaban J connectivity index is 3.29. The molecule has 0 fully saturated rings. The van der Waals surface area contributed by atoms with Crippen LogP contribution >= 0.6 is 0 Å². The predicted octanol–water partition coefficient (Wildman–Crippen LogP) is 2.23. The summed E-state index contributed by atoms with van der Waals surface area (Å²) >= 11 is 0. The summed E-state index contributed by atoms with van der Waals surface area (Å²) in [5, 5.41) is 10.7. The maximum absolute atomic E-state index is 12.6. The first-order chi connectivity index (χ1) is 9.39. The van der Waals surface area contributed by atoms with Gasteiger partial charge in [0.05, 0.1) is 10.6 Å². The Bertz CT molecular complexity index is 650. The lowest BCUT2D eigenvalue weighted by atomic mass is 9.88. The summed E-state index contributed by atoms with van der Waals surface area (Å²) in [6, 6.07) is 3.10. The Hall–Kier alpha value is -1.67. The molecule has 0 spiro atoms. The number of nitrogens with zero attached hydrogens (tertiary/aromatic N) is 2. The van der Waals surface area contributed by atoms with Crippen LogP contribution in [0.4, 0.5) is 11.4 Å². The lowest BCUT2D eigenvalue weighted by Gasteiger charge is -2.34. The average molecular weight is 315 g/mol. The minimum absolute atomic E-state index is 0.119. The van der Waals surface area contributed by atoms with E-state index in [1.807, 2.05) is 20.8 Å². The number of anilines is 1. The van der Waals surface area contributed by atoms with Gasteiger partial charge in [0.1, 0.15) is 4.90 Å². The molecule has 0 aliphatic carbocycles. The number of nitro benzene ring substituents is 1. The number of hydrogen-bond acceptors (Lipinski definition) is 5. The van der Waals surface area contributed by atoms with Gasteiger partial charge in [0.25, 0.3) is 5.69 Å². The quantitative estimate of drug-likeness (QED) is 0.521. The number of hydrogen-bond donors (Lipinski definition) is 1. The molecular formula is C13H21N3O4S. The highest BCUT2D eigenvalue weighted by Crippen LogP contribution is 2.31. The van der Waals surface area contributed by atoms with Crippen LogP contribution in [0.5, 0.6) is 0 Å². The van der Waals surface area contributed by atoms with Crippen molar-refractivity contribution in [2.24, 2.45) is 5.41 Å². The van der Waals surface area contributed by atoms with Crippen LogP contribution in [0.25, 0.3) is 0 Å². The Kier molecular flexibility index (Phi) is 4.64. The SMILES string of the molecule is CC(N(C)S(=O)(=O)c1ccc([N+](=O)[O-])cc1N)C(C)(C)C. The first kappa shape index (κ1) is 17.4. The second kappa shape index (κ2) is 5.61. The van der Waals surface area contributed by atoms with Gasteiger partial charge in [-0.2, -0.15) is 4.31 Å². The Morgan fingerprint density at radius 1 is 1.33 bits per heavy atom. The highest BCUT2D eigenvalue weighted by atomic mass is 32.2. The van der Waals surface area contributed by atoms with E-state index in [-0.39, 0.29) is 27.7 Å². The van der Waals surface area contributed by atoms with Gasteiger partial charge >= 0.3 is 0 Å². The molecule has 0 heterocycles. The van der Waals surface area contributed by atoms with Gasteiger partial charge in [-0.25, -0.2) is 8.42 Å². The minimum atomic E-state index is -3.81. The predicted molar refractivity (Wildman–Crippen MR) is 81.4 cm³/mol. The molecule has 118 valence electrons. The van der Waals surface area contributed by atoms with E-state index in [2.05, 4.69) is 0 Å². The molecule has 0 aliphatic heterocycles. The third-order valence-corrected chi connectivity index (χ3v) is 5.66. The second-order valence-electron chi connectivity index (χ2n) is 6.04. The molecule has 7 nitrogen and oxygen atoms in total. The summed E-state index contributed by atoms with van der Waals surface area (Å²) in [5.74, 6) is 0. The Morgan fingerprint density at radius 3 is 2.24 bits per heavy atom. The second-order valence-corrected chi connectivity index (χ2v) is 8.01. The first-order valence-electron chi connectivity index (χ1n) is 6.41. The molecule has 8 heteroatoms. The zero-order chi connectivity index (χ0) is 16.6. The fraction of sp³-hybridized carbons (Fsp3) is 0.538. The van der Waals surface area contributed by atoms with Gasteiger partial charge in [0.2, 0.25) is 10.0 Å². The number of non-ortho nitro benzene ring substituents is 1. The van der Waals surface area contributed by atoms with Crippen LogP contribution in [-0.4, -0.2) is 30.7 Å². The third kappa shape index (κ3) is 3.51. The molecule has 21 heavy (non-hydrogen) atoms. The molecule has 1 aromatic rings. The molecule has 0 radical (unpaired) electrons. The normalized spacial score (nSPS) is 14.2. The van der Waals surface area contributed by atoms with Crippen molar-refractivity contribution in [3.05, 3.63) is 28.3 Å². The molecule has 0 bridgehead atoms. The van der Waals surface area contributed by atoms with Gasteiger partial charge in [-0.3, -0.25) is 10.1 Å². The summed E-state index contributed by atoms with van der Waals surface area (Å²) in [6.45, 7) is 7.60. The highest BCUT2D eigenvalue weighted by molar-refractivity contribution is 7.89. The molecule has 1 atom stereocenters. The van der Waals surface area contributed by atoms with Crippen LogP contribution in [0, 0.1) is 15.5 Å².